The number of carbonyl (C=O) groups excluding carboxylic acids is 2. The highest BCUT2D eigenvalue weighted by Gasteiger charge is 2.17. The molecule has 60 heavy (non-hydrogen) atoms. The van der Waals surface area contributed by atoms with Gasteiger partial charge in [-0.3, -0.25) is 9.59 Å². The average Bonchev–Trinajstić information content (AvgIpc) is 3.85. The molecule has 4 aromatic carbocycles. The highest BCUT2D eigenvalue weighted by Crippen LogP contribution is 2.25. The number of benzene rings is 4. The van der Waals surface area contributed by atoms with Gasteiger partial charge in [0.25, 0.3) is 11.8 Å². The second-order valence-corrected chi connectivity index (χ2v) is 13.1. The summed E-state index contributed by atoms with van der Waals surface area (Å²) in [5.41, 5.74) is 12.0. The first-order valence-electron chi connectivity index (χ1n) is 18.0. The zero-order chi connectivity index (χ0) is 42.4. The smallest absolute Gasteiger partial charge is 0.255 e. The van der Waals surface area contributed by atoms with E-state index in [0.717, 1.165) is 57.1 Å². The van der Waals surface area contributed by atoms with Crippen molar-refractivity contribution >= 4 is 52.6 Å². The molecule has 0 fully saturated rings. The first-order valence-corrected chi connectivity index (χ1v) is 18.0. The van der Waals surface area contributed by atoms with Crippen LogP contribution in [-0.4, -0.2) is 44.7 Å². The molecule has 0 atom stereocenters. The molecular weight excluding hydrogens is 803 g/mol. The molecule has 4 heterocycles. The number of aromatic nitrogens is 4. The van der Waals surface area contributed by atoms with Crippen LogP contribution in [0.5, 0.6) is 0 Å². The van der Waals surface area contributed by atoms with Gasteiger partial charge < -0.3 is 30.5 Å². The zero-order valence-corrected chi connectivity index (χ0v) is 33.3. The number of hydrogen-bond donors (Lipinski definition) is 4. The van der Waals surface area contributed by atoms with E-state index in [1.165, 1.54) is 14.1 Å². The van der Waals surface area contributed by atoms with E-state index in [1.807, 2.05) is 83.8 Å². The summed E-state index contributed by atoms with van der Waals surface area (Å²) in [5.74, 6) is -7.42. The number of anilines is 3. The third kappa shape index (κ3) is 9.94. The van der Waals surface area contributed by atoms with Crippen LogP contribution in [0.15, 0.2) is 122 Å². The Kier molecular flexibility index (Phi) is 14.0. The summed E-state index contributed by atoms with van der Waals surface area (Å²) in [6, 6.07) is 25.1. The van der Waals surface area contributed by atoms with Crippen molar-refractivity contribution in [2.24, 2.45) is 5.73 Å². The lowest BCUT2D eigenvalue weighted by Gasteiger charge is -2.09. The summed E-state index contributed by atoms with van der Waals surface area (Å²) in [6.45, 7) is 4.01. The van der Waals surface area contributed by atoms with E-state index in [0.29, 0.717) is 23.5 Å². The second kappa shape index (κ2) is 19.1. The molecule has 8 aromatic rings. The Balaban J connectivity index is 0.000000215. The van der Waals surface area contributed by atoms with Gasteiger partial charge in [0.05, 0.1) is 11.4 Å². The summed E-state index contributed by atoms with van der Waals surface area (Å²) in [4.78, 5) is 33.6. The van der Waals surface area contributed by atoms with Crippen molar-refractivity contribution in [3.63, 3.8) is 0 Å². The Morgan fingerprint density at radius 1 is 0.550 bits per heavy atom. The fraction of sp³-hybridized carbons (Fsp3) is 0.0909. The van der Waals surface area contributed by atoms with Gasteiger partial charge in [0.15, 0.2) is 17.5 Å². The van der Waals surface area contributed by atoms with E-state index in [2.05, 4.69) is 31.7 Å². The third-order valence-corrected chi connectivity index (χ3v) is 8.88. The number of nitrogens with one attached hydrogen (secondary N) is 3. The summed E-state index contributed by atoms with van der Waals surface area (Å²) < 4.78 is 71.2. The number of aryl methyl sites for hydroxylation is 2. The molecule has 308 valence electrons. The summed E-state index contributed by atoms with van der Waals surface area (Å²) in [5, 5.41) is 7.59. The first-order chi connectivity index (χ1) is 28.3. The predicted octanol–water partition coefficient (Wildman–Crippen LogP) is 9.86. The fourth-order valence-corrected chi connectivity index (χ4v) is 5.97. The van der Waals surface area contributed by atoms with Crippen molar-refractivity contribution < 1.29 is 31.5 Å². The molecule has 8 rings (SSSR count). The van der Waals surface area contributed by atoms with E-state index >= 15 is 0 Å². The number of rotatable bonds is 7. The number of hydrogen-bond acceptors (Lipinski definition) is 6. The highest BCUT2D eigenvalue weighted by atomic mass is 35.5. The molecule has 4 aromatic heterocycles. The molecule has 5 N–H and O–H groups in total. The quantitative estimate of drug-likeness (QED) is 0.0934. The van der Waals surface area contributed by atoms with Gasteiger partial charge in [0.1, 0.15) is 28.6 Å². The molecule has 10 nitrogen and oxygen atoms in total. The van der Waals surface area contributed by atoms with Crippen LogP contribution in [0.3, 0.4) is 0 Å². The molecule has 0 unspecified atom stereocenters. The summed E-state index contributed by atoms with van der Waals surface area (Å²) in [7, 11) is 2.91. The molecular formula is C44H38ClF5N8O2. The minimum Gasteiger partial charge on any atom is -0.383 e. The number of imidazole rings is 2. The molecule has 0 aliphatic carbocycles. The van der Waals surface area contributed by atoms with Crippen LogP contribution in [0.2, 0.25) is 0 Å². The number of carbonyl (C=O) groups is 2. The minimum absolute atomic E-state index is 0. The maximum absolute atomic E-state index is 13.9. The number of halogens is 6. The van der Waals surface area contributed by atoms with E-state index in [9.17, 15) is 31.5 Å². The SMILES string of the molecule is CN.CNc1c(F)cc(C(=O)Nc2ccc(-c3cn4cc(C)ccc4n3)cc2)cc1F.Cc1ccc2nc(-c3ccc(NC(=O)c4cc(F)c(F)c(F)c4)cc3)cn2c1.Cl. The third-order valence-electron chi connectivity index (χ3n) is 8.88. The Labute approximate surface area is 347 Å². The van der Waals surface area contributed by atoms with Gasteiger partial charge in [-0.05, 0) is 92.7 Å². The maximum Gasteiger partial charge on any atom is 0.255 e. The predicted molar refractivity (Wildman–Crippen MR) is 226 cm³/mol. The van der Waals surface area contributed by atoms with Crippen LogP contribution in [0, 0.1) is 42.9 Å². The second-order valence-electron chi connectivity index (χ2n) is 13.1. The van der Waals surface area contributed by atoms with Crippen molar-refractivity contribution in [1.29, 1.82) is 0 Å². The van der Waals surface area contributed by atoms with Gasteiger partial charge in [0.2, 0.25) is 0 Å². The van der Waals surface area contributed by atoms with Crippen LogP contribution >= 0.6 is 12.4 Å². The fourth-order valence-electron chi connectivity index (χ4n) is 5.97. The standard InChI is InChI=1S/C22H18F2N4O.C21H14F3N3O.CH5N.ClH/c1-13-3-8-20-27-19(12-28(20)11-13)14-4-6-16(7-5-14)26-22(29)15-9-17(23)21(25-2)18(24)10-15;1-12-2-7-19-26-18(11-27(19)10-12)13-3-5-15(6-4-13)25-21(28)14-8-16(22)20(24)17(23)9-14;1-2;/h3-12,25H,1-2H3,(H,26,29);2-11H,1H3,(H,25,28);2H2,1H3;1H. The molecule has 0 aliphatic rings. The number of nitrogens with two attached hydrogens (primary N) is 1. The van der Waals surface area contributed by atoms with Gasteiger partial charge >= 0.3 is 0 Å². The van der Waals surface area contributed by atoms with Gasteiger partial charge in [-0.15, -0.1) is 12.4 Å². The molecule has 0 saturated carbocycles. The Hall–Kier alpha value is -7.10. The first kappa shape index (κ1) is 44.0. The molecule has 16 heteroatoms. The lowest BCUT2D eigenvalue weighted by molar-refractivity contribution is 0.101. The normalized spacial score (nSPS) is 10.5. The lowest BCUT2D eigenvalue weighted by Crippen LogP contribution is -2.13. The summed E-state index contributed by atoms with van der Waals surface area (Å²) in [6.07, 6.45) is 7.81. The average molecular weight is 841 g/mol. The van der Waals surface area contributed by atoms with Crippen molar-refractivity contribution in [2.45, 2.75) is 13.8 Å². The Bertz CT molecular complexity index is 2760. The monoisotopic (exact) mass is 840 g/mol. The lowest BCUT2D eigenvalue weighted by atomic mass is 10.1. The number of amides is 2. The van der Waals surface area contributed by atoms with Crippen molar-refractivity contribution in [3.05, 3.63) is 173 Å². The van der Waals surface area contributed by atoms with E-state index in [1.54, 1.807) is 36.4 Å². The molecule has 0 bridgehead atoms. The minimum atomic E-state index is -1.61. The van der Waals surface area contributed by atoms with Gasteiger partial charge in [-0.2, -0.15) is 0 Å². The topological polar surface area (TPSA) is 131 Å². The van der Waals surface area contributed by atoms with Crippen LogP contribution < -0.4 is 21.7 Å². The molecule has 0 spiro atoms. The van der Waals surface area contributed by atoms with Gasteiger partial charge in [0, 0.05) is 65.5 Å². The largest absolute Gasteiger partial charge is 0.383 e. The molecule has 2 amide bonds. The van der Waals surface area contributed by atoms with Crippen LogP contribution in [0.1, 0.15) is 31.8 Å². The van der Waals surface area contributed by atoms with Crippen LogP contribution in [0.4, 0.5) is 39.0 Å². The van der Waals surface area contributed by atoms with Gasteiger partial charge in [-0.1, -0.05) is 36.4 Å². The summed E-state index contributed by atoms with van der Waals surface area (Å²) >= 11 is 0. The molecule has 0 radical (unpaired) electrons. The molecule has 0 saturated heterocycles. The van der Waals surface area contributed by atoms with E-state index in [-0.39, 0.29) is 29.2 Å². The Morgan fingerprint density at radius 3 is 1.28 bits per heavy atom. The highest BCUT2D eigenvalue weighted by molar-refractivity contribution is 6.05. The van der Waals surface area contributed by atoms with Crippen molar-refractivity contribution in [3.8, 4) is 22.5 Å². The number of nitrogens with zero attached hydrogens (tertiary/aromatic N) is 4. The Morgan fingerprint density at radius 2 is 0.917 bits per heavy atom. The van der Waals surface area contributed by atoms with Crippen LogP contribution in [0.25, 0.3) is 33.8 Å². The van der Waals surface area contributed by atoms with Crippen molar-refractivity contribution in [1.82, 2.24) is 18.8 Å². The van der Waals surface area contributed by atoms with Gasteiger partial charge in [-0.25, -0.2) is 31.9 Å². The van der Waals surface area contributed by atoms with Crippen LogP contribution in [-0.2, 0) is 0 Å². The molecule has 0 aliphatic heterocycles. The number of fused-ring (bicyclic) bond motifs is 2. The number of pyridine rings is 2. The zero-order valence-electron chi connectivity index (χ0n) is 32.5. The van der Waals surface area contributed by atoms with Crippen molar-refractivity contribution in [2.75, 3.05) is 30.0 Å². The van der Waals surface area contributed by atoms with E-state index < -0.39 is 40.9 Å². The van der Waals surface area contributed by atoms with E-state index in [4.69, 9.17) is 0 Å². The maximum atomic E-state index is 13.9.